The number of hydrogen-bond acceptors (Lipinski definition) is 1. The maximum Gasteiger partial charge on any atom is 0.0780 e. The zero-order valence-corrected chi connectivity index (χ0v) is 19.8. The predicted molar refractivity (Wildman–Crippen MR) is 148 cm³/mol. The van der Waals surface area contributed by atoms with Crippen LogP contribution in [0.15, 0.2) is 103 Å². The topological polar surface area (TPSA) is 12.9 Å². The Bertz CT molecular complexity index is 1980. The Balaban J connectivity index is 1.43. The summed E-state index contributed by atoms with van der Waals surface area (Å²) >= 11 is 0. The van der Waals surface area contributed by atoms with E-state index in [-0.39, 0.29) is 5.41 Å². The van der Waals surface area contributed by atoms with Crippen molar-refractivity contribution in [3.05, 3.63) is 114 Å². The molecule has 1 nitrogen and oxygen atoms in total. The van der Waals surface area contributed by atoms with E-state index in [0.717, 1.165) is 5.52 Å². The summed E-state index contributed by atoms with van der Waals surface area (Å²) in [4.78, 5) is 4.74. The lowest BCUT2D eigenvalue weighted by Crippen LogP contribution is -2.14. The molecule has 0 radical (unpaired) electrons. The average molecular weight is 446 g/mol. The van der Waals surface area contributed by atoms with Gasteiger partial charge in [-0.05, 0) is 78.5 Å². The minimum atomic E-state index is -0.00366. The summed E-state index contributed by atoms with van der Waals surface area (Å²) in [5, 5.41) is 8.96. The number of aromatic nitrogens is 1. The Morgan fingerprint density at radius 2 is 1.29 bits per heavy atom. The third-order valence-electron chi connectivity index (χ3n) is 8.24. The van der Waals surface area contributed by atoms with Crippen molar-refractivity contribution in [2.75, 3.05) is 0 Å². The smallest absolute Gasteiger partial charge is 0.0780 e. The fourth-order valence-corrected chi connectivity index (χ4v) is 6.54. The van der Waals surface area contributed by atoms with Crippen LogP contribution in [-0.2, 0) is 5.41 Å². The van der Waals surface area contributed by atoms with Gasteiger partial charge in [-0.1, -0.05) is 92.7 Å². The molecule has 1 aliphatic rings. The van der Waals surface area contributed by atoms with Gasteiger partial charge in [0.1, 0.15) is 0 Å². The Labute approximate surface area is 204 Å². The molecule has 1 aromatic heterocycles. The summed E-state index contributed by atoms with van der Waals surface area (Å²) in [6, 6.07) is 36.1. The van der Waals surface area contributed by atoms with Crippen LogP contribution in [0.5, 0.6) is 0 Å². The fraction of sp³-hybridized carbons (Fsp3) is 0.0882. The largest absolute Gasteiger partial charge is 0.256 e. The van der Waals surface area contributed by atoms with Crippen LogP contribution >= 0.6 is 0 Å². The highest BCUT2D eigenvalue weighted by atomic mass is 14.6. The first-order chi connectivity index (χ1) is 17.1. The number of nitrogens with zero attached hydrogens (tertiary/aromatic N) is 1. The second-order valence-corrected chi connectivity index (χ2v) is 10.4. The summed E-state index contributed by atoms with van der Waals surface area (Å²) in [7, 11) is 0. The van der Waals surface area contributed by atoms with Gasteiger partial charge in [0.15, 0.2) is 0 Å². The molecule has 35 heavy (non-hydrogen) atoms. The third kappa shape index (κ3) is 2.40. The molecule has 164 valence electrons. The van der Waals surface area contributed by atoms with Gasteiger partial charge in [-0.2, -0.15) is 0 Å². The molecule has 0 N–H and O–H groups in total. The van der Waals surface area contributed by atoms with Crippen LogP contribution in [0.1, 0.15) is 25.0 Å². The molecule has 0 fully saturated rings. The highest BCUT2D eigenvalue weighted by Crippen LogP contribution is 2.50. The van der Waals surface area contributed by atoms with Crippen molar-refractivity contribution in [1.82, 2.24) is 4.98 Å². The van der Waals surface area contributed by atoms with Gasteiger partial charge < -0.3 is 0 Å². The summed E-state index contributed by atoms with van der Waals surface area (Å²) in [6.07, 6.45) is 1.90. The molecule has 0 saturated carbocycles. The van der Waals surface area contributed by atoms with E-state index in [1.165, 1.54) is 71.1 Å². The van der Waals surface area contributed by atoms with Crippen molar-refractivity contribution in [2.24, 2.45) is 0 Å². The summed E-state index contributed by atoms with van der Waals surface area (Å²) in [5.74, 6) is 0. The van der Waals surface area contributed by atoms with Gasteiger partial charge in [-0.15, -0.1) is 0 Å². The van der Waals surface area contributed by atoms with Gasteiger partial charge in [-0.3, -0.25) is 4.98 Å². The van der Waals surface area contributed by atoms with Crippen LogP contribution in [0.2, 0.25) is 0 Å². The van der Waals surface area contributed by atoms with Crippen LogP contribution < -0.4 is 0 Å². The standard InChI is InChI=1S/C34H23N/c1-34(2)29-8-4-3-7-25(29)26-14-12-21(19-30(26)34)24-13-11-20-9-10-22-18-23-6-5-17-35-33(23)28-16-15-27(24)31(20)32(22)28/h3-19H,1-2H3. The van der Waals surface area contributed by atoms with Gasteiger partial charge in [0.2, 0.25) is 0 Å². The molecule has 0 atom stereocenters. The van der Waals surface area contributed by atoms with Crippen molar-refractivity contribution in [3.63, 3.8) is 0 Å². The second kappa shape index (κ2) is 6.46. The molecular weight excluding hydrogens is 422 g/mol. The van der Waals surface area contributed by atoms with E-state index in [2.05, 4.69) is 105 Å². The highest BCUT2D eigenvalue weighted by molar-refractivity contribution is 6.29. The van der Waals surface area contributed by atoms with Gasteiger partial charge in [0.25, 0.3) is 0 Å². The molecule has 1 heterocycles. The zero-order valence-electron chi connectivity index (χ0n) is 19.8. The molecule has 0 spiro atoms. The maximum atomic E-state index is 4.74. The molecule has 0 aliphatic heterocycles. The minimum Gasteiger partial charge on any atom is -0.256 e. The first-order valence-electron chi connectivity index (χ1n) is 12.3. The molecule has 0 amide bonds. The molecule has 6 aromatic carbocycles. The van der Waals surface area contributed by atoms with Crippen molar-refractivity contribution in [3.8, 4) is 22.3 Å². The highest BCUT2D eigenvalue weighted by Gasteiger charge is 2.35. The van der Waals surface area contributed by atoms with E-state index in [4.69, 9.17) is 4.98 Å². The molecule has 0 unspecified atom stereocenters. The fourth-order valence-electron chi connectivity index (χ4n) is 6.54. The van der Waals surface area contributed by atoms with Gasteiger partial charge >= 0.3 is 0 Å². The monoisotopic (exact) mass is 445 g/mol. The van der Waals surface area contributed by atoms with Gasteiger partial charge in [-0.25, -0.2) is 0 Å². The zero-order chi connectivity index (χ0) is 23.3. The summed E-state index contributed by atoms with van der Waals surface area (Å²) in [5.41, 5.74) is 9.22. The van der Waals surface area contributed by atoms with E-state index < -0.39 is 0 Å². The Morgan fingerprint density at radius 3 is 2.23 bits per heavy atom. The number of hydrogen-bond donors (Lipinski definition) is 0. The number of pyridine rings is 1. The normalized spacial score (nSPS) is 14.2. The molecule has 0 bridgehead atoms. The SMILES string of the molecule is CC1(C)c2ccccc2-c2ccc(-c3ccc4ccc5cc6cccnc6c6ccc3c4c56)cc21. The third-order valence-corrected chi connectivity index (χ3v) is 8.24. The Kier molecular flexibility index (Phi) is 3.53. The van der Waals surface area contributed by atoms with Crippen molar-refractivity contribution >= 4 is 43.2 Å². The first-order valence-corrected chi connectivity index (χ1v) is 12.3. The molecule has 7 aromatic rings. The molecule has 8 rings (SSSR count). The van der Waals surface area contributed by atoms with E-state index in [1.807, 2.05) is 12.3 Å². The Hall–Kier alpha value is -4.23. The van der Waals surface area contributed by atoms with Crippen molar-refractivity contribution in [1.29, 1.82) is 0 Å². The Morgan fingerprint density at radius 1 is 0.543 bits per heavy atom. The van der Waals surface area contributed by atoms with Gasteiger partial charge in [0, 0.05) is 22.4 Å². The van der Waals surface area contributed by atoms with Crippen LogP contribution in [-0.4, -0.2) is 4.98 Å². The van der Waals surface area contributed by atoms with Gasteiger partial charge in [0.05, 0.1) is 5.52 Å². The lowest BCUT2D eigenvalue weighted by atomic mass is 9.81. The molecule has 1 heteroatoms. The second-order valence-electron chi connectivity index (χ2n) is 10.4. The average Bonchev–Trinajstić information content (AvgIpc) is 3.13. The van der Waals surface area contributed by atoms with Crippen LogP contribution in [0.25, 0.3) is 65.5 Å². The summed E-state index contributed by atoms with van der Waals surface area (Å²) in [6.45, 7) is 4.70. The van der Waals surface area contributed by atoms with E-state index in [0.29, 0.717) is 0 Å². The van der Waals surface area contributed by atoms with Crippen LogP contribution in [0.4, 0.5) is 0 Å². The number of fused-ring (bicyclic) bond motifs is 5. The van der Waals surface area contributed by atoms with Crippen molar-refractivity contribution in [2.45, 2.75) is 19.3 Å². The maximum absolute atomic E-state index is 4.74. The van der Waals surface area contributed by atoms with E-state index in [1.54, 1.807) is 0 Å². The van der Waals surface area contributed by atoms with Crippen molar-refractivity contribution < 1.29 is 0 Å². The number of rotatable bonds is 1. The quantitative estimate of drug-likeness (QED) is 0.181. The molecule has 0 saturated heterocycles. The van der Waals surface area contributed by atoms with E-state index in [9.17, 15) is 0 Å². The van der Waals surface area contributed by atoms with E-state index >= 15 is 0 Å². The van der Waals surface area contributed by atoms with Crippen LogP contribution in [0.3, 0.4) is 0 Å². The lowest BCUT2D eigenvalue weighted by Gasteiger charge is -2.22. The minimum absolute atomic E-state index is 0.00366. The molecule has 1 aliphatic carbocycles. The molecular formula is C34H23N. The summed E-state index contributed by atoms with van der Waals surface area (Å²) < 4.78 is 0. The van der Waals surface area contributed by atoms with Crippen LogP contribution in [0, 0.1) is 0 Å². The first kappa shape index (κ1) is 19.1. The lowest BCUT2D eigenvalue weighted by molar-refractivity contribution is 0.660. The number of benzene rings is 6. The predicted octanol–water partition coefficient (Wildman–Crippen LogP) is 9.11.